The average molecular weight is 469 g/mol. The van der Waals surface area contributed by atoms with Crippen LogP contribution in [0.1, 0.15) is 18.2 Å². The molecule has 0 unspecified atom stereocenters. The monoisotopic (exact) mass is 468 g/mol. The Morgan fingerprint density at radius 3 is 2.61 bits per heavy atom. The lowest BCUT2D eigenvalue weighted by Gasteiger charge is -2.12. The molecule has 0 saturated carbocycles. The van der Waals surface area contributed by atoms with Crippen LogP contribution in [0.15, 0.2) is 58.5 Å². The molecule has 2 amide bonds. The number of nitrogens with one attached hydrogen (secondary N) is 3. The summed E-state index contributed by atoms with van der Waals surface area (Å²) in [6.45, 7) is 1.39. The Labute approximate surface area is 194 Å². The topological polar surface area (TPSA) is 122 Å². The van der Waals surface area contributed by atoms with E-state index in [0.717, 1.165) is 11.3 Å². The third-order valence-electron chi connectivity index (χ3n) is 4.42. The third kappa shape index (κ3) is 7.11. The molecule has 3 aromatic rings. The highest BCUT2D eigenvalue weighted by molar-refractivity contribution is 7.98. The molecule has 9 nitrogen and oxygen atoms in total. The zero-order valence-electron chi connectivity index (χ0n) is 18.4. The second kappa shape index (κ2) is 11.2. The standard InChI is InChI=1S/C23H24N4O5S/c1-14(28)24-16-7-8-20(32-3)19(10-16)26-21(29)11-17-12-22(30)27-23(25-17)33-13-15-5-4-6-18(9-15)31-2/h4-10,12H,11,13H2,1-3H3,(H,24,28)(H,26,29)(H,25,27,30). The summed E-state index contributed by atoms with van der Waals surface area (Å²) in [4.78, 5) is 43.1. The molecule has 33 heavy (non-hydrogen) atoms. The van der Waals surface area contributed by atoms with Gasteiger partial charge in [-0.2, -0.15) is 0 Å². The van der Waals surface area contributed by atoms with Crippen LogP contribution in [0.2, 0.25) is 0 Å². The summed E-state index contributed by atoms with van der Waals surface area (Å²) in [7, 11) is 3.08. The molecular formula is C23H24N4O5S. The van der Waals surface area contributed by atoms with Crippen molar-refractivity contribution in [2.24, 2.45) is 0 Å². The number of methoxy groups -OCH3 is 2. The number of hydrogen-bond donors (Lipinski definition) is 3. The molecule has 0 aliphatic carbocycles. The van der Waals surface area contributed by atoms with Crippen molar-refractivity contribution in [3.8, 4) is 11.5 Å². The smallest absolute Gasteiger partial charge is 0.251 e. The van der Waals surface area contributed by atoms with Crippen molar-refractivity contribution in [3.05, 3.63) is 70.1 Å². The number of ether oxygens (including phenoxy) is 2. The maximum atomic E-state index is 12.6. The van der Waals surface area contributed by atoms with E-state index in [2.05, 4.69) is 20.6 Å². The summed E-state index contributed by atoms with van der Waals surface area (Å²) >= 11 is 1.35. The normalized spacial score (nSPS) is 10.4. The fraction of sp³-hybridized carbons (Fsp3) is 0.217. The van der Waals surface area contributed by atoms with Gasteiger partial charge in [0.1, 0.15) is 11.5 Å². The number of thioether (sulfide) groups is 1. The molecule has 0 saturated heterocycles. The third-order valence-corrected chi connectivity index (χ3v) is 5.36. The van der Waals surface area contributed by atoms with Gasteiger partial charge in [0, 0.05) is 24.4 Å². The minimum absolute atomic E-state index is 0.107. The number of hydrogen-bond acceptors (Lipinski definition) is 7. The molecule has 0 fully saturated rings. The minimum atomic E-state index is -0.380. The Morgan fingerprint density at radius 1 is 1.06 bits per heavy atom. The molecular weight excluding hydrogens is 444 g/mol. The van der Waals surface area contributed by atoms with Crippen LogP contribution in [-0.2, 0) is 21.8 Å². The molecule has 10 heteroatoms. The van der Waals surface area contributed by atoms with Crippen LogP contribution in [0, 0.1) is 0 Å². The Bertz CT molecular complexity index is 1210. The van der Waals surface area contributed by atoms with Gasteiger partial charge in [0.15, 0.2) is 5.16 Å². The van der Waals surface area contributed by atoms with Gasteiger partial charge >= 0.3 is 0 Å². The summed E-state index contributed by atoms with van der Waals surface area (Å²) in [5, 5.41) is 5.81. The Morgan fingerprint density at radius 2 is 1.88 bits per heavy atom. The lowest BCUT2D eigenvalue weighted by Crippen LogP contribution is -2.19. The Balaban J connectivity index is 1.69. The van der Waals surface area contributed by atoms with Crippen molar-refractivity contribution in [2.45, 2.75) is 24.3 Å². The summed E-state index contributed by atoms with van der Waals surface area (Å²) in [5.41, 5.74) is 1.92. The van der Waals surface area contributed by atoms with Gasteiger partial charge in [-0.3, -0.25) is 14.4 Å². The SMILES string of the molecule is COc1cccc(CSc2nc(CC(=O)Nc3cc(NC(C)=O)ccc3OC)cc(=O)[nH]2)c1. The molecule has 0 spiro atoms. The fourth-order valence-corrected chi connectivity index (χ4v) is 3.84. The quantitative estimate of drug-likeness (QED) is 0.325. The number of anilines is 2. The van der Waals surface area contributed by atoms with Crippen LogP contribution < -0.4 is 25.7 Å². The summed E-state index contributed by atoms with van der Waals surface area (Å²) in [6.07, 6.45) is -0.107. The number of H-pyrrole nitrogens is 1. The van der Waals surface area contributed by atoms with Gasteiger partial charge in [-0.05, 0) is 35.9 Å². The van der Waals surface area contributed by atoms with Crippen molar-refractivity contribution >= 4 is 35.0 Å². The lowest BCUT2D eigenvalue weighted by atomic mass is 10.2. The highest BCUT2D eigenvalue weighted by Crippen LogP contribution is 2.28. The van der Waals surface area contributed by atoms with Crippen molar-refractivity contribution in [1.29, 1.82) is 0 Å². The molecule has 0 aliphatic heterocycles. The summed E-state index contributed by atoms with van der Waals surface area (Å²) < 4.78 is 10.5. The predicted molar refractivity (Wildman–Crippen MR) is 127 cm³/mol. The second-order valence-corrected chi connectivity index (χ2v) is 7.97. The van der Waals surface area contributed by atoms with Gasteiger partial charge < -0.3 is 25.1 Å². The number of rotatable bonds is 9. The summed E-state index contributed by atoms with van der Waals surface area (Å²) in [6, 6.07) is 13.8. The van der Waals surface area contributed by atoms with E-state index in [9.17, 15) is 14.4 Å². The van der Waals surface area contributed by atoms with E-state index in [-0.39, 0.29) is 23.8 Å². The molecule has 3 N–H and O–H groups in total. The fourth-order valence-electron chi connectivity index (χ4n) is 3.00. The minimum Gasteiger partial charge on any atom is -0.497 e. The zero-order chi connectivity index (χ0) is 23.8. The number of nitrogens with zero attached hydrogens (tertiary/aromatic N) is 1. The summed E-state index contributed by atoms with van der Waals surface area (Å²) in [5.74, 6) is 1.14. The molecule has 0 bridgehead atoms. The van der Waals surface area contributed by atoms with Crippen LogP contribution in [0.25, 0.3) is 0 Å². The number of aromatic amines is 1. The average Bonchev–Trinajstić information content (AvgIpc) is 2.77. The highest BCUT2D eigenvalue weighted by Gasteiger charge is 2.12. The van der Waals surface area contributed by atoms with Gasteiger partial charge in [0.25, 0.3) is 5.56 Å². The first-order valence-electron chi connectivity index (χ1n) is 9.97. The van der Waals surface area contributed by atoms with Gasteiger partial charge in [-0.1, -0.05) is 23.9 Å². The maximum Gasteiger partial charge on any atom is 0.251 e. The van der Waals surface area contributed by atoms with Crippen LogP contribution in [0.3, 0.4) is 0 Å². The number of carbonyl (C=O) groups is 2. The Kier molecular flexibility index (Phi) is 8.09. The number of aromatic nitrogens is 2. The largest absolute Gasteiger partial charge is 0.497 e. The Hall–Kier alpha value is -3.79. The molecule has 172 valence electrons. The van der Waals surface area contributed by atoms with E-state index >= 15 is 0 Å². The number of benzene rings is 2. The number of carbonyl (C=O) groups excluding carboxylic acids is 2. The van der Waals surface area contributed by atoms with E-state index in [1.165, 1.54) is 31.9 Å². The van der Waals surface area contributed by atoms with Crippen LogP contribution in [-0.4, -0.2) is 36.0 Å². The van der Waals surface area contributed by atoms with Crippen molar-refractivity contribution < 1.29 is 19.1 Å². The first-order chi connectivity index (χ1) is 15.9. The van der Waals surface area contributed by atoms with Crippen molar-refractivity contribution in [1.82, 2.24) is 9.97 Å². The molecule has 0 aliphatic rings. The number of amides is 2. The van der Waals surface area contributed by atoms with E-state index in [0.29, 0.717) is 33.7 Å². The molecule has 1 aromatic heterocycles. The molecule has 3 rings (SSSR count). The highest BCUT2D eigenvalue weighted by atomic mass is 32.2. The molecule has 0 radical (unpaired) electrons. The lowest BCUT2D eigenvalue weighted by molar-refractivity contribution is -0.116. The van der Waals surface area contributed by atoms with Crippen molar-refractivity contribution in [3.63, 3.8) is 0 Å². The molecule has 2 aromatic carbocycles. The predicted octanol–water partition coefficient (Wildman–Crippen LogP) is 3.22. The molecule has 0 atom stereocenters. The second-order valence-electron chi connectivity index (χ2n) is 7.00. The first-order valence-corrected chi connectivity index (χ1v) is 11.0. The first kappa shape index (κ1) is 23.9. The van der Waals surface area contributed by atoms with Crippen LogP contribution in [0.4, 0.5) is 11.4 Å². The van der Waals surface area contributed by atoms with Gasteiger partial charge in [0.2, 0.25) is 11.8 Å². The van der Waals surface area contributed by atoms with Crippen LogP contribution >= 0.6 is 11.8 Å². The van der Waals surface area contributed by atoms with E-state index in [4.69, 9.17) is 9.47 Å². The van der Waals surface area contributed by atoms with Gasteiger partial charge in [-0.15, -0.1) is 0 Å². The van der Waals surface area contributed by atoms with E-state index in [1.54, 1.807) is 25.3 Å². The maximum absolute atomic E-state index is 12.6. The van der Waals surface area contributed by atoms with E-state index < -0.39 is 0 Å². The molecule has 1 heterocycles. The van der Waals surface area contributed by atoms with Gasteiger partial charge in [-0.25, -0.2) is 4.98 Å². The van der Waals surface area contributed by atoms with E-state index in [1.807, 2.05) is 24.3 Å². The zero-order valence-corrected chi connectivity index (χ0v) is 19.2. The van der Waals surface area contributed by atoms with Gasteiger partial charge in [0.05, 0.1) is 32.0 Å². The van der Waals surface area contributed by atoms with Crippen LogP contribution in [0.5, 0.6) is 11.5 Å². The van der Waals surface area contributed by atoms with Crippen molar-refractivity contribution in [2.75, 3.05) is 24.9 Å².